The maximum absolute atomic E-state index is 12.4. The average molecular weight is 383 g/mol. The van der Waals surface area contributed by atoms with E-state index in [0.29, 0.717) is 42.2 Å². The molecule has 28 heavy (non-hydrogen) atoms. The summed E-state index contributed by atoms with van der Waals surface area (Å²) in [6, 6.07) is 7.23. The number of aromatic nitrogens is 4. The van der Waals surface area contributed by atoms with Crippen molar-refractivity contribution in [2.45, 2.75) is 53.2 Å². The van der Waals surface area contributed by atoms with Crippen LogP contribution in [-0.4, -0.2) is 24.9 Å². The number of rotatable bonds is 8. The maximum Gasteiger partial charge on any atom is 0.330 e. The number of fused-ring (bicyclic) bond motifs is 1. The van der Waals surface area contributed by atoms with Gasteiger partial charge in [0.1, 0.15) is 5.82 Å². The normalized spacial score (nSPS) is 11.1. The summed E-state index contributed by atoms with van der Waals surface area (Å²) in [6.07, 6.45) is 1.76. The number of anilines is 1. The van der Waals surface area contributed by atoms with Crippen LogP contribution in [0.5, 0.6) is 0 Å². The Balaban J connectivity index is 2.00. The van der Waals surface area contributed by atoms with Crippen LogP contribution in [0.1, 0.15) is 49.8 Å². The summed E-state index contributed by atoms with van der Waals surface area (Å²) in [4.78, 5) is 43.3. The van der Waals surface area contributed by atoms with Gasteiger partial charge < -0.3 is 9.88 Å². The Morgan fingerprint density at radius 1 is 1.21 bits per heavy atom. The zero-order chi connectivity index (χ0) is 20.3. The second-order valence-corrected chi connectivity index (χ2v) is 6.70. The van der Waals surface area contributed by atoms with Crippen molar-refractivity contribution in [3.05, 3.63) is 56.5 Å². The van der Waals surface area contributed by atoms with Crippen molar-refractivity contribution in [1.82, 2.24) is 19.1 Å². The molecule has 8 heteroatoms. The molecule has 0 fully saturated rings. The van der Waals surface area contributed by atoms with E-state index in [2.05, 4.69) is 15.3 Å². The van der Waals surface area contributed by atoms with Crippen molar-refractivity contribution < 1.29 is 4.79 Å². The van der Waals surface area contributed by atoms with E-state index >= 15 is 0 Å². The van der Waals surface area contributed by atoms with Gasteiger partial charge in [0.15, 0.2) is 16.9 Å². The molecule has 2 N–H and O–H groups in total. The minimum Gasteiger partial charge on any atom is -0.378 e. The van der Waals surface area contributed by atoms with E-state index in [0.717, 1.165) is 18.5 Å². The Hall–Kier alpha value is -3.16. The molecule has 0 spiro atoms. The Morgan fingerprint density at radius 3 is 2.68 bits per heavy atom. The van der Waals surface area contributed by atoms with Gasteiger partial charge in [-0.2, -0.15) is 0 Å². The Kier molecular flexibility index (Phi) is 5.77. The molecule has 8 nitrogen and oxygen atoms in total. The number of imidazole rings is 1. The van der Waals surface area contributed by atoms with E-state index in [1.807, 2.05) is 30.5 Å². The van der Waals surface area contributed by atoms with Gasteiger partial charge in [0.2, 0.25) is 0 Å². The Morgan fingerprint density at radius 2 is 2.00 bits per heavy atom. The zero-order valence-electron chi connectivity index (χ0n) is 16.4. The molecule has 2 heterocycles. The van der Waals surface area contributed by atoms with Crippen LogP contribution in [0.15, 0.2) is 33.9 Å². The minimum absolute atomic E-state index is 0.00378. The largest absolute Gasteiger partial charge is 0.378 e. The smallest absolute Gasteiger partial charge is 0.330 e. The van der Waals surface area contributed by atoms with Crippen LogP contribution < -0.4 is 16.6 Å². The molecule has 0 radical (unpaired) electrons. The molecule has 0 saturated heterocycles. The van der Waals surface area contributed by atoms with E-state index in [1.165, 1.54) is 11.5 Å². The number of nitrogens with one attached hydrogen (secondary N) is 2. The van der Waals surface area contributed by atoms with Crippen molar-refractivity contribution in [2.75, 3.05) is 5.32 Å². The number of Topliss-reactive ketones (excluding diaryl/α,β-unsaturated/α-hetero) is 1. The molecule has 0 amide bonds. The molecule has 3 rings (SSSR count). The summed E-state index contributed by atoms with van der Waals surface area (Å²) < 4.78 is 3.35. The van der Waals surface area contributed by atoms with Gasteiger partial charge >= 0.3 is 5.69 Å². The number of H-pyrrole nitrogens is 1. The minimum atomic E-state index is -0.430. The zero-order valence-corrected chi connectivity index (χ0v) is 16.4. The van der Waals surface area contributed by atoms with Gasteiger partial charge in [0, 0.05) is 24.3 Å². The van der Waals surface area contributed by atoms with Crippen LogP contribution >= 0.6 is 0 Å². The third-order valence-corrected chi connectivity index (χ3v) is 4.74. The fraction of sp³-hybridized carbons (Fsp3) is 0.400. The van der Waals surface area contributed by atoms with E-state index in [1.54, 1.807) is 12.1 Å². The van der Waals surface area contributed by atoms with E-state index in [4.69, 9.17) is 0 Å². The average Bonchev–Trinajstić information content (AvgIpc) is 3.05. The van der Waals surface area contributed by atoms with E-state index in [-0.39, 0.29) is 5.78 Å². The number of benzene rings is 1. The molecule has 148 valence electrons. The van der Waals surface area contributed by atoms with Gasteiger partial charge in [0.05, 0.1) is 6.54 Å². The number of ketones is 1. The fourth-order valence-electron chi connectivity index (χ4n) is 3.25. The van der Waals surface area contributed by atoms with E-state index < -0.39 is 11.2 Å². The molecule has 0 aliphatic carbocycles. The van der Waals surface area contributed by atoms with Crippen molar-refractivity contribution >= 4 is 22.6 Å². The molecule has 3 aromatic rings. The quantitative estimate of drug-likeness (QED) is 0.582. The number of carbonyl (C=O) groups is 1. The topological polar surface area (TPSA) is 102 Å². The molecular weight excluding hydrogens is 358 g/mol. The Bertz CT molecular complexity index is 1120. The summed E-state index contributed by atoms with van der Waals surface area (Å²) in [5, 5.41) is 3.25. The van der Waals surface area contributed by atoms with Crippen molar-refractivity contribution in [2.24, 2.45) is 0 Å². The molecule has 0 atom stereocenters. The third-order valence-electron chi connectivity index (χ3n) is 4.74. The van der Waals surface area contributed by atoms with Crippen LogP contribution in [0.4, 0.5) is 5.69 Å². The highest BCUT2D eigenvalue weighted by molar-refractivity contribution is 5.94. The summed E-state index contributed by atoms with van der Waals surface area (Å²) in [5.74, 6) is 0.656. The van der Waals surface area contributed by atoms with Crippen LogP contribution in [0.25, 0.3) is 11.2 Å². The lowest BCUT2D eigenvalue weighted by Crippen LogP contribution is -2.31. The van der Waals surface area contributed by atoms with Gasteiger partial charge in [-0.3, -0.25) is 19.1 Å². The number of nitrogens with zero attached hydrogens (tertiary/aromatic N) is 3. The second kappa shape index (κ2) is 8.24. The molecule has 0 saturated carbocycles. The number of hydrogen-bond acceptors (Lipinski definition) is 5. The SMILES string of the molecule is CCCCn1c(=O)[nH]c(=O)c2c1nc(CNc1cccc(C(C)=O)c1)n2CC. The van der Waals surface area contributed by atoms with Crippen LogP contribution in [0.3, 0.4) is 0 Å². The number of hydrogen-bond donors (Lipinski definition) is 2. The van der Waals surface area contributed by atoms with Crippen molar-refractivity contribution in [3.8, 4) is 0 Å². The first-order chi connectivity index (χ1) is 13.5. The predicted octanol–water partition coefficient (Wildman–Crippen LogP) is 2.52. The van der Waals surface area contributed by atoms with Crippen LogP contribution in [-0.2, 0) is 19.6 Å². The lowest BCUT2D eigenvalue weighted by atomic mass is 10.1. The van der Waals surface area contributed by atoms with Gasteiger partial charge in [-0.25, -0.2) is 9.78 Å². The fourth-order valence-corrected chi connectivity index (χ4v) is 3.25. The third kappa shape index (κ3) is 3.76. The number of aromatic amines is 1. The molecule has 2 aromatic heterocycles. The first kappa shape index (κ1) is 19.6. The molecule has 0 bridgehead atoms. The summed E-state index contributed by atoms with van der Waals surface area (Å²) in [7, 11) is 0. The summed E-state index contributed by atoms with van der Waals surface area (Å²) in [5.41, 5.74) is 1.39. The molecular formula is C20H25N5O3. The van der Waals surface area contributed by atoms with Crippen LogP contribution in [0.2, 0.25) is 0 Å². The van der Waals surface area contributed by atoms with Gasteiger partial charge in [-0.05, 0) is 32.4 Å². The molecule has 0 unspecified atom stereocenters. The monoisotopic (exact) mass is 383 g/mol. The molecule has 0 aliphatic heterocycles. The van der Waals surface area contributed by atoms with Crippen LogP contribution in [0, 0.1) is 0 Å². The highest BCUT2D eigenvalue weighted by Gasteiger charge is 2.17. The highest BCUT2D eigenvalue weighted by atomic mass is 16.2. The first-order valence-electron chi connectivity index (χ1n) is 9.53. The van der Waals surface area contributed by atoms with Gasteiger partial charge in [0.25, 0.3) is 5.56 Å². The van der Waals surface area contributed by atoms with Gasteiger partial charge in [-0.1, -0.05) is 25.5 Å². The first-order valence-corrected chi connectivity index (χ1v) is 9.53. The maximum atomic E-state index is 12.4. The lowest BCUT2D eigenvalue weighted by molar-refractivity contribution is 0.101. The highest BCUT2D eigenvalue weighted by Crippen LogP contribution is 2.16. The molecule has 0 aliphatic rings. The molecule has 1 aromatic carbocycles. The number of carbonyl (C=O) groups excluding carboxylic acids is 1. The van der Waals surface area contributed by atoms with Crippen molar-refractivity contribution in [3.63, 3.8) is 0 Å². The Labute approximate surface area is 162 Å². The lowest BCUT2D eigenvalue weighted by Gasteiger charge is -2.09. The van der Waals surface area contributed by atoms with Gasteiger partial charge in [-0.15, -0.1) is 0 Å². The predicted molar refractivity (Wildman–Crippen MR) is 109 cm³/mol. The number of unbranched alkanes of at least 4 members (excludes halogenated alkanes) is 1. The summed E-state index contributed by atoms with van der Waals surface area (Å²) in [6.45, 7) is 6.93. The van der Waals surface area contributed by atoms with Crippen molar-refractivity contribution in [1.29, 1.82) is 0 Å². The number of aryl methyl sites for hydroxylation is 2. The second-order valence-electron chi connectivity index (χ2n) is 6.70. The van der Waals surface area contributed by atoms with E-state index in [9.17, 15) is 14.4 Å². The standard InChI is InChI=1S/C20H25N5O3/c1-4-6-10-25-18-17(19(27)23-20(25)28)24(5-2)16(22-18)12-21-15-9-7-8-14(11-15)13(3)26/h7-9,11,21H,4-6,10,12H2,1-3H3,(H,23,27,28). The summed E-state index contributed by atoms with van der Waals surface area (Å²) >= 11 is 0.